The fraction of sp³-hybridized carbons (Fsp3) is 0.667. The Morgan fingerprint density at radius 1 is 1.20 bits per heavy atom. The van der Waals surface area contributed by atoms with Crippen LogP contribution in [0.1, 0.15) is 46.0 Å². The number of carbonyl (C=O) groups is 2. The Kier molecular flexibility index (Phi) is 7.60. The van der Waals surface area contributed by atoms with E-state index in [1.54, 1.807) is 6.92 Å². The van der Waals surface area contributed by atoms with Gasteiger partial charge < -0.3 is 4.74 Å². The lowest BCUT2D eigenvalue weighted by Gasteiger charge is -2.03. The summed E-state index contributed by atoms with van der Waals surface area (Å²) >= 11 is 0. The number of unbranched alkanes of at least 4 members (excludes halogenated alkanes) is 1. The second-order valence-corrected chi connectivity index (χ2v) is 3.66. The molecule has 0 aliphatic heterocycles. The normalized spacial score (nSPS) is 9.73. The molecule has 0 aromatic heterocycles. The number of Topliss-reactive ketones (excluding diaryl/α,β-unsaturated/α-hetero) is 1. The summed E-state index contributed by atoms with van der Waals surface area (Å²) < 4.78 is 4.87. The van der Waals surface area contributed by atoms with Crippen LogP contribution in [0.4, 0.5) is 0 Å². The van der Waals surface area contributed by atoms with Crippen LogP contribution in [0.3, 0.4) is 0 Å². The Hall–Kier alpha value is -1.12. The molecule has 0 bridgehead atoms. The molecule has 0 aromatic rings. The van der Waals surface area contributed by atoms with Gasteiger partial charge in [0.25, 0.3) is 0 Å². The summed E-state index contributed by atoms with van der Waals surface area (Å²) in [4.78, 5) is 22.2. The highest BCUT2D eigenvalue weighted by atomic mass is 16.5. The van der Waals surface area contributed by atoms with Gasteiger partial charge in [0, 0.05) is 18.4 Å². The van der Waals surface area contributed by atoms with Crippen LogP contribution >= 0.6 is 0 Å². The molecule has 15 heavy (non-hydrogen) atoms. The van der Waals surface area contributed by atoms with Crippen molar-refractivity contribution in [3.63, 3.8) is 0 Å². The van der Waals surface area contributed by atoms with Crippen molar-refractivity contribution in [3.8, 4) is 0 Å². The number of rotatable bonds is 8. The van der Waals surface area contributed by atoms with Crippen molar-refractivity contribution < 1.29 is 14.3 Å². The molecule has 86 valence electrons. The van der Waals surface area contributed by atoms with Crippen LogP contribution in [0.25, 0.3) is 0 Å². The van der Waals surface area contributed by atoms with Crippen LogP contribution in [-0.2, 0) is 14.3 Å². The lowest BCUT2D eigenvalue weighted by atomic mass is 10.1. The summed E-state index contributed by atoms with van der Waals surface area (Å²) in [6.07, 6.45) is 3.75. The van der Waals surface area contributed by atoms with E-state index in [1.165, 1.54) is 0 Å². The predicted molar refractivity (Wildman–Crippen MR) is 59.5 cm³/mol. The molecule has 0 N–H and O–H groups in total. The first-order valence-corrected chi connectivity index (χ1v) is 5.42. The first kappa shape index (κ1) is 13.9. The molecule has 0 aromatic carbocycles. The van der Waals surface area contributed by atoms with E-state index in [1.807, 2.05) is 0 Å². The van der Waals surface area contributed by atoms with Gasteiger partial charge in [-0.1, -0.05) is 19.9 Å². The molecule has 0 aliphatic carbocycles. The van der Waals surface area contributed by atoms with Gasteiger partial charge in [-0.15, -0.1) is 0 Å². The molecule has 0 radical (unpaired) electrons. The highest BCUT2D eigenvalue weighted by molar-refractivity contribution is 5.86. The van der Waals surface area contributed by atoms with Crippen molar-refractivity contribution in [3.05, 3.63) is 12.2 Å². The van der Waals surface area contributed by atoms with Crippen molar-refractivity contribution in [2.45, 2.75) is 46.0 Å². The summed E-state index contributed by atoms with van der Waals surface area (Å²) in [5, 5.41) is 0. The molecule has 0 aliphatic rings. The molecule has 3 nitrogen and oxygen atoms in total. The number of hydrogen-bond acceptors (Lipinski definition) is 3. The average Bonchev–Trinajstić information content (AvgIpc) is 2.20. The van der Waals surface area contributed by atoms with E-state index >= 15 is 0 Å². The van der Waals surface area contributed by atoms with Crippen molar-refractivity contribution in [1.29, 1.82) is 0 Å². The van der Waals surface area contributed by atoms with Gasteiger partial charge in [0.15, 0.2) is 0 Å². The van der Waals surface area contributed by atoms with Gasteiger partial charge in [-0.3, -0.25) is 4.79 Å². The molecule has 0 rings (SSSR count). The molecule has 0 fully saturated rings. The summed E-state index contributed by atoms with van der Waals surface area (Å²) in [5.74, 6) is -0.126. The van der Waals surface area contributed by atoms with E-state index in [2.05, 4.69) is 13.5 Å². The number of ether oxygens (including phenoxy) is 1. The van der Waals surface area contributed by atoms with E-state index in [4.69, 9.17) is 4.74 Å². The van der Waals surface area contributed by atoms with Crippen LogP contribution in [0.15, 0.2) is 12.2 Å². The summed E-state index contributed by atoms with van der Waals surface area (Å²) in [7, 11) is 0. The Morgan fingerprint density at radius 2 is 1.80 bits per heavy atom. The first-order chi connectivity index (χ1) is 7.07. The third-order valence-corrected chi connectivity index (χ3v) is 1.99. The zero-order chi connectivity index (χ0) is 11.7. The van der Waals surface area contributed by atoms with Gasteiger partial charge in [-0.2, -0.15) is 0 Å². The first-order valence-electron chi connectivity index (χ1n) is 5.42. The van der Waals surface area contributed by atoms with E-state index in [-0.39, 0.29) is 11.8 Å². The second-order valence-electron chi connectivity index (χ2n) is 3.66. The molecule has 0 saturated carbocycles. The fourth-order valence-electron chi connectivity index (χ4n) is 1.06. The molecule has 0 saturated heterocycles. The monoisotopic (exact) mass is 212 g/mol. The third-order valence-electron chi connectivity index (χ3n) is 1.99. The van der Waals surface area contributed by atoms with Crippen LogP contribution < -0.4 is 0 Å². The van der Waals surface area contributed by atoms with Crippen molar-refractivity contribution in [2.75, 3.05) is 6.61 Å². The minimum atomic E-state index is -0.379. The van der Waals surface area contributed by atoms with Crippen LogP contribution in [0.5, 0.6) is 0 Å². The SMILES string of the molecule is C=C(C)C(=O)OCCCC(=O)CCCC. The average molecular weight is 212 g/mol. The van der Waals surface area contributed by atoms with Crippen molar-refractivity contribution >= 4 is 11.8 Å². The van der Waals surface area contributed by atoms with Gasteiger partial charge in [0.2, 0.25) is 0 Å². The van der Waals surface area contributed by atoms with Crippen molar-refractivity contribution in [1.82, 2.24) is 0 Å². The van der Waals surface area contributed by atoms with Gasteiger partial charge in [0.1, 0.15) is 5.78 Å². The zero-order valence-corrected chi connectivity index (χ0v) is 9.67. The smallest absolute Gasteiger partial charge is 0.333 e. The molecular weight excluding hydrogens is 192 g/mol. The van der Waals surface area contributed by atoms with E-state index < -0.39 is 0 Å². The Balaban J connectivity index is 3.42. The molecule has 0 unspecified atom stereocenters. The largest absolute Gasteiger partial charge is 0.462 e. The number of hydrogen-bond donors (Lipinski definition) is 0. The molecule has 0 spiro atoms. The van der Waals surface area contributed by atoms with Gasteiger partial charge in [-0.05, 0) is 19.8 Å². The molecule has 0 amide bonds. The van der Waals surface area contributed by atoms with Crippen LogP contribution in [0, 0.1) is 0 Å². The summed E-state index contributed by atoms with van der Waals surface area (Å²) in [6.45, 7) is 7.44. The standard InChI is InChI=1S/C12H20O3/c1-4-5-7-11(13)8-6-9-15-12(14)10(2)3/h2,4-9H2,1,3H3. The highest BCUT2D eigenvalue weighted by Gasteiger charge is 2.04. The fourth-order valence-corrected chi connectivity index (χ4v) is 1.06. The zero-order valence-electron chi connectivity index (χ0n) is 9.67. The maximum atomic E-state index is 11.2. The summed E-state index contributed by atoms with van der Waals surface area (Å²) in [6, 6.07) is 0. The van der Waals surface area contributed by atoms with Crippen LogP contribution in [-0.4, -0.2) is 18.4 Å². The number of ketones is 1. The molecule has 3 heteroatoms. The Morgan fingerprint density at radius 3 is 2.33 bits per heavy atom. The Bertz CT molecular complexity index is 231. The lowest BCUT2D eigenvalue weighted by molar-refractivity contribution is -0.139. The minimum absolute atomic E-state index is 0.253. The predicted octanol–water partition coefficient (Wildman–Crippen LogP) is 2.65. The number of esters is 1. The maximum Gasteiger partial charge on any atom is 0.333 e. The van der Waals surface area contributed by atoms with E-state index in [0.717, 1.165) is 12.8 Å². The summed E-state index contributed by atoms with van der Waals surface area (Å²) in [5.41, 5.74) is 0.396. The van der Waals surface area contributed by atoms with Crippen molar-refractivity contribution in [2.24, 2.45) is 0 Å². The Labute approximate surface area is 91.5 Å². The van der Waals surface area contributed by atoms with Gasteiger partial charge >= 0.3 is 5.97 Å². The van der Waals surface area contributed by atoms with E-state index in [9.17, 15) is 9.59 Å². The third kappa shape index (κ3) is 7.91. The van der Waals surface area contributed by atoms with Gasteiger partial charge in [-0.25, -0.2) is 4.79 Å². The topological polar surface area (TPSA) is 43.4 Å². The maximum absolute atomic E-state index is 11.2. The molecule has 0 heterocycles. The minimum Gasteiger partial charge on any atom is -0.462 e. The van der Waals surface area contributed by atoms with Crippen LogP contribution in [0.2, 0.25) is 0 Å². The van der Waals surface area contributed by atoms with Gasteiger partial charge in [0.05, 0.1) is 6.61 Å². The molecular formula is C12H20O3. The molecule has 0 atom stereocenters. The quantitative estimate of drug-likeness (QED) is 0.353. The highest BCUT2D eigenvalue weighted by Crippen LogP contribution is 2.02. The number of carbonyl (C=O) groups excluding carboxylic acids is 2. The second kappa shape index (κ2) is 8.21. The lowest BCUT2D eigenvalue weighted by Crippen LogP contribution is -2.07. The van der Waals surface area contributed by atoms with E-state index in [0.29, 0.717) is 31.4 Å².